The van der Waals surface area contributed by atoms with Gasteiger partial charge in [0.05, 0.1) is 6.04 Å². The minimum Gasteiger partial charge on any atom is -0.327 e. The van der Waals surface area contributed by atoms with Gasteiger partial charge in [-0.3, -0.25) is 4.79 Å². The minimum absolute atomic E-state index is 0.0362. The van der Waals surface area contributed by atoms with Gasteiger partial charge in [-0.25, -0.2) is 4.98 Å². The number of thiazole rings is 1. The Morgan fingerprint density at radius 2 is 2.23 bits per heavy atom. The third kappa shape index (κ3) is 3.02. The molecule has 116 valence electrons. The van der Waals surface area contributed by atoms with Gasteiger partial charge in [0, 0.05) is 23.0 Å². The van der Waals surface area contributed by atoms with Crippen LogP contribution in [0.25, 0.3) is 0 Å². The van der Waals surface area contributed by atoms with Crippen LogP contribution in [0.1, 0.15) is 46.9 Å². The number of rotatable bonds is 5. The largest absolute Gasteiger partial charge is 0.327 e. The van der Waals surface area contributed by atoms with Crippen LogP contribution in [-0.2, 0) is 6.54 Å². The Balaban J connectivity index is 1.89. The van der Waals surface area contributed by atoms with E-state index in [4.69, 9.17) is 17.3 Å². The van der Waals surface area contributed by atoms with Crippen molar-refractivity contribution < 1.29 is 4.79 Å². The van der Waals surface area contributed by atoms with E-state index in [1.807, 2.05) is 36.1 Å². The van der Waals surface area contributed by atoms with Crippen LogP contribution in [-0.4, -0.2) is 21.8 Å². The standard InChI is InChI=1S/C16H18ClN3OS/c1-10(12-4-2-3-5-13(12)17)20(11-6-7-11)16(21)14-9-22-15(8-18)19-14/h2-5,9-11H,6-8,18H2,1H3. The fraction of sp³-hybridized carbons (Fsp3) is 0.375. The van der Waals surface area contributed by atoms with Crippen LogP contribution in [0.5, 0.6) is 0 Å². The summed E-state index contributed by atoms with van der Waals surface area (Å²) >= 11 is 7.73. The molecule has 6 heteroatoms. The van der Waals surface area contributed by atoms with Gasteiger partial charge in [0.15, 0.2) is 0 Å². The van der Waals surface area contributed by atoms with Gasteiger partial charge in [0.1, 0.15) is 10.7 Å². The molecular formula is C16H18ClN3OS. The lowest BCUT2D eigenvalue weighted by Gasteiger charge is -2.29. The molecule has 0 bridgehead atoms. The van der Waals surface area contributed by atoms with E-state index >= 15 is 0 Å². The second-order valence-corrected chi connectivity index (χ2v) is 6.82. The van der Waals surface area contributed by atoms with Crippen molar-refractivity contribution in [1.82, 2.24) is 9.88 Å². The number of aromatic nitrogens is 1. The highest BCUT2D eigenvalue weighted by molar-refractivity contribution is 7.09. The molecule has 1 aromatic carbocycles. The zero-order valence-electron chi connectivity index (χ0n) is 12.3. The summed E-state index contributed by atoms with van der Waals surface area (Å²) in [5.41, 5.74) is 7.04. The van der Waals surface area contributed by atoms with Crippen molar-refractivity contribution in [1.29, 1.82) is 0 Å². The first-order valence-electron chi connectivity index (χ1n) is 7.33. The second kappa shape index (κ2) is 6.36. The summed E-state index contributed by atoms with van der Waals surface area (Å²) < 4.78 is 0. The van der Waals surface area contributed by atoms with E-state index < -0.39 is 0 Å². The molecular weight excluding hydrogens is 318 g/mol. The minimum atomic E-state index is -0.0725. The molecule has 1 saturated carbocycles. The number of carbonyl (C=O) groups is 1. The topological polar surface area (TPSA) is 59.2 Å². The summed E-state index contributed by atoms with van der Waals surface area (Å²) in [7, 11) is 0. The lowest BCUT2D eigenvalue weighted by Crippen LogP contribution is -2.36. The highest BCUT2D eigenvalue weighted by atomic mass is 35.5. The summed E-state index contributed by atoms with van der Waals surface area (Å²) in [5, 5.41) is 3.26. The van der Waals surface area contributed by atoms with E-state index in [2.05, 4.69) is 4.98 Å². The van der Waals surface area contributed by atoms with Gasteiger partial charge in [-0.1, -0.05) is 29.8 Å². The van der Waals surface area contributed by atoms with Crippen molar-refractivity contribution in [3.8, 4) is 0 Å². The molecule has 2 aromatic rings. The Hall–Kier alpha value is -1.43. The third-order valence-electron chi connectivity index (χ3n) is 3.89. The number of hydrogen-bond acceptors (Lipinski definition) is 4. The summed E-state index contributed by atoms with van der Waals surface area (Å²) in [4.78, 5) is 19.1. The summed E-state index contributed by atoms with van der Waals surface area (Å²) in [6.45, 7) is 2.38. The number of carbonyl (C=O) groups excluding carboxylic acids is 1. The molecule has 1 amide bonds. The maximum Gasteiger partial charge on any atom is 0.274 e. The van der Waals surface area contributed by atoms with E-state index in [9.17, 15) is 4.79 Å². The van der Waals surface area contributed by atoms with Crippen LogP contribution in [0, 0.1) is 0 Å². The Morgan fingerprint density at radius 1 is 1.50 bits per heavy atom. The van der Waals surface area contributed by atoms with Crippen molar-refractivity contribution in [2.75, 3.05) is 0 Å². The fourth-order valence-corrected chi connectivity index (χ4v) is 3.55. The van der Waals surface area contributed by atoms with E-state index in [0.29, 0.717) is 17.3 Å². The zero-order valence-corrected chi connectivity index (χ0v) is 13.9. The van der Waals surface area contributed by atoms with E-state index in [1.54, 1.807) is 5.38 Å². The summed E-state index contributed by atoms with van der Waals surface area (Å²) in [6, 6.07) is 7.89. The van der Waals surface area contributed by atoms with Crippen LogP contribution in [0.15, 0.2) is 29.6 Å². The number of nitrogens with two attached hydrogens (primary N) is 1. The third-order valence-corrected chi connectivity index (χ3v) is 5.11. The van der Waals surface area contributed by atoms with Gasteiger partial charge < -0.3 is 10.6 Å². The Labute approximate surface area is 138 Å². The molecule has 0 saturated heterocycles. The molecule has 0 aliphatic heterocycles. The highest BCUT2D eigenvalue weighted by Crippen LogP contribution is 2.37. The second-order valence-electron chi connectivity index (χ2n) is 5.47. The van der Waals surface area contributed by atoms with Gasteiger partial charge >= 0.3 is 0 Å². The smallest absolute Gasteiger partial charge is 0.274 e. The monoisotopic (exact) mass is 335 g/mol. The molecule has 0 radical (unpaired) electrons. The quantitative estimate of drug-likeness (QED) is 0.907. The SMILES string of the molecule is CC(c1ccccc1Cl)N(C(=O)c1csc(CN)n1)C1CC1. The van der Waals surface area contributed by atoms with Crippen LogP contribution in [0.2, 0.25) is 5.02 Å². The summed E-state index contributed by atoms with van der Waals surface area (Å²) in [6.07, 6.45) is 2.07. The predicted octanol–water partition coefficient (Wildman–Crippen LogP) is 3.62. The highest BCUT2D eigenvalue weighted by Gasteiger charge is 2.37. The molecule has 3 rings (SSSR count). The van der Waals surface area contributed by atoms with Crippen LogP contribution >= 0.6 is 22.9 Å². The molecule has 1 atom stereocenters. The lowest BCUT2D eigenvalue weighted by atomic mass is 10.1. The Morgan fingerprint density at radius 3 is 2.82 bits per heavy atom. The molecule has 22 heavy (non-hydrogen) atoms. The first kappa shape index (κ1) is 15.5. The maximum absolute atomic E-state index is 12.9. The molecule has 1 fully saturated rings. The average Bonchev–Trinajstić information content (AvgIpc) is 3.23. The number of nitrogens with zero attached hydrogens (tertiary/aromatic N) is 2. The average molecular weight is 336 g/mol. The van der Waals surface area contributed by atoms with Crippen molar-refractivity contribution in [3.63, 3.8) is 0 Å². The predicted molar refractivity (Wildman–Crippen MR) is 89.1 cm³/mol. The van der Waals surface area contributed by atoms with Crippen molar-refractivity contribution >= 4 is 28.8 Å². The van der Waals surface area contributed by atoms with Crippen molar-refractivity contribution in [2.24, 2.45) is 5.73 Å². The van der Waals surface area contributed by atoms with E-state index in [0.717, 1.165) is 23.4 Å². The Bertz CT molecular complexity index is 684. The fourth-order valence-electron chi connectivity index (χ4n) is 2.61. The van der Waals surface area contributed by atoms with Gasteiger partial charge in [-0.05, 0) is 31.4 Å². The van der Waals surface area contributed by atoms with Crippen molar-refractivity contribution in [3.05, 3.63) is 50.9 Å². The maximum atomic E-state index is 12.9. The van der Waals surface area contributed by atoms with Gasteiger partial charge in [0.25, 0.3) is 5.91 Å². The van der Waals surface area contributed by atoms with Crippen LogP contribution in [0.4, 0.5) is 0 Å². The molecule has 1 heterocycles. The number of halogens is 1. The van der Waals surface area contributed by atoms with Crippen LogP contribution in [0.3, 0.4) is 0 Å². The van der Waals surface area contributed by atoms with E-state index in [-0.39, 0.29) is 18.0 Å². The molecule has 1 aliphatic rings. The summed E-state index contributed by atoms with van der Waals surface area (Å²) in [5.74, 6) is -0.0362. The van der Waals surface area contributed by atoms with Crippen LogP contribution < -0.4 is 5.73 Å². The van der Waals surface area contributed by atoms with E-state index in [1.165, 1.54) is 11.3 Å². The number of benzene rings is 1. The van der Waals surface area contributed by atoms with Gasteiger partial charge in [-0.15, -0.1) is 11.3 Å². The van der Waals surface area contributed by atoms with Crippen molar-refractivity contribution in [2.45, 2.75) is 38.4 Å². The molecule has 4 nitrogen and oxygen atoms in total. The van der Waals surface area contributed by atoms with Gasteiger partial charge in [-0.2, -0.15) is 0 Å². The first-order chi connectivity index (χ1) is 10.6. The number of hydrogen-bond donors (Lipinski definition) is 1. The molecule has 2 N–H and O–H groups in total. The molecule has 1 aliphatic carbocycles. The number of amides is 1. The molecule has 1 aromatic heterocycles. The lowest BCUT2D eigenvalue weighted by molar-refractivity contribution is 0.0668. The van der Waals surface area contributed by atoms with Gasteiger partial charge in [0.2, 0.25) is 0 Å². The Kier molecular flexibility index (Phi) is 4.47. The first-order valence-corrected chi connectivity index (χ1v) is 8.59. The molecule has 0 spiro atoms. The molecule has 1 unspecified atom stereocenters. The normalized spacial score (nSPS) is 15.6. The zero-order chi connectivity index (χ0) is 15.7.